The molecule has 0 aliphatic rings. The number of amides is 1. The molecule has 108 valence electrons. The lowest BCUT2D eigenvalue weighted by Gasteiger charge is -2.10. The number of hydrogen-bond acceptors (Lipinski definition) is 3. The zero-order valence-electron chi connectivity index (χ0n) is 10.6. The summed E-state index contributed by atoms with van der Waals surface area (Å²) in [6.45, 7) is 0. The smallest absolute Gasteiger partial charge is 0.335 e. The third kappa shape index (κ3) is 3.93. The van der Waals surface area contributed by atoms with E-state index in [1.165, 1.54) is 12.1 Å². The minimum atomic E-state index is -1.14. The van der Waals surface area contributed by atoms with Gasteiger partial charge < -0.3 is 10.4 Å². The average Bonchev–Trinajstić information content (AvgIpc) is 2.43. The van der Waals surface area contributed by atoms with Gasteiger partial charge in [0.15, 0.2) is 0 Å². The van der Waals surface area contributed by atoms with E-state index in [1.54, 1.807) is 24.5 Å². The monoisotopic (exact) mass is 324 g/mol. The third-order valence-electron chi connectivity index (χ3n) is 2.67. The number of carboxylic acids is 1. The summed E-state index contributed by atoms with van der Waals surface area (Å²) in [5.74, 6) is -1.46. The van der Waals surface area contributed by atoms with E-state index in [4.69, 9.17) is 28.3 Å². The number of nitrogens with one attached hydrogen (secondary N) is 1. The lowest BCUT2D eigenvalue weighted by Crippen LogP contribution is -2.15. The van der Waals surface area contributed by atoms with Gasteiger partial charge in [-0.25, -0.2) is 4.79 Å². The summed E-state index contributed by atoms with van der Waals surface area (Å²) < 4.78 is 0. The molecule has 0 radical (unpaired) electrons. The standard InChI is InChI=1S/C14H10Cl2N2O3/c15-10-6-9(14(20)21)7-11(16)13(10)18-12(19)5-8-1-3-17-4-2-8/h1-4,6-7H,5H2,(H,18,19)(H,20,21). The van der Waals surface area contributed by atoms with Crippen molar-refractivity contribution in [2.45, 2.75) is 6.42 Å². The van der Waals surface area contributed by atoms with Crippen molar-refractivity contribution in [1.82, 2.24) is 4.98 Å². The van der Waals surface area contributed by atoms with Crippen LogP contribution in [0.1, 0.15) is 15.9 Å². The Labute approximate surface area is 130 Å². The van der Waals surface area contributed by atoms with Crippen LogP contribution in [0.15, 0.2) is 36.7 Å². The Morgan fingerprint density at radius 3 is 2.24 bits per heavy atom. The second-order valence-electron chi connectivity index (χ2n) is 4.20. The van der Waals surface area contributed by atoms with Crippen LogP contribution in [0.3, 0.4) is 0 Å². The van der Waals surface area contributed by atoms with Gasteiger partial charge in [-0.05, 0) is 29.8 Å². The zero-order chi connectivity index (χ0) is 15.4. The lowest BCUT2D eigenvalue weighted by molar-refractivity contribution is -0.115. The van der Waals surface area contributed by atoms with E-state index in [1.807, 2.05) is 0 Å². The number of benzene rings is 1. The number of rotatable bonds is 4. The van der Waals surface area contributed by atoms with Crippen molar-refractivity contribution in [3.8, 4) is 0 Å². The average molecular weight is 325 g/mol. The van der Waals surface area contributed by atoms with Gasteiger partial charge in [-0.3, -0.25) is 9.78 Å². The quantitative estimate of drug-likeness (QED) is 0.904. The van der Waals surface area contributed by atoms with Crippen molar-refractivity contribution in [2.24, 2.45) is 0 Å². The highest BCUT2D eigenvalue weighted by molar-refractivity contribution is 6.40. The number of carbonyl (C=O) groups is 2. The molecule has 1 amide bonds. The first-order valence-electron chi connectivity index (χ1n) is 5.88. The van der Waals surface area contributed by atoms with Crippen molar-refractivity contribution in [2.75, 3.05) is 5.32 Å². The Morgan fingerprint density at radius 2 is 1.71 bits per heavy atom. The molecule has 0 aliphatic carbocycles. The molecule has 21 heavy (non-hydrogen) atoms. The highest BCUT2D eigenvalue weighted by Gasteiger charge is 2.14. The summed E-state index contributed by atoms with van der Waals surface area (Å²) in [5, 5.41) is 11.6. The molecule has 2 aromatic rings. The molecule has 5 nitrogen and oxygen atoms in total. The van der Waals surface area contributed by atoms with Gasteiger partial charge in [0.05, 0.1) is 27.7 Å². The molecule has 1 heterocycles. The van der Waals surface area contributed by atoms with Crippen LogP contribution in [-0.2, 0) is 11.2 Å². The molecular weight excluding hydrogens is 315 g/mol. The van der Waals surface area contributed by atoms with Crippen LogP contribution >= 0.6 is 23.2 Å². The number of aromatic carboxylic acids is 1. The van der Waals surface area contributed by atoms with Gasteiger partial charge in [0.1, 0.15) is 0 Å². The maximum atomic E-state index is 11.9. The van der Waals surface area contributed by atoms with Crippen molar-refractivity contribution in [1.29, 1.82) is 0 Å². The van der Waals surface area contributed by atoms with E-state index in [9.17, 15) is 9.59 Å². The molecule has 0 saturated carbocycles. The number of pyridine rings is 1. The fraction of sp³-hybridized carbons (Fsp3) is 0.0714. The highest BCUT2D eigenvalue weighted by Crippen LogP contribution is 2.32. The minimum Gasteiger partial charge on any atom is -0.478 e. The SMILES string of the molecule is O=C(Cc1ccncc1)Nc1c(Cl)cc(C(=O)O)cc1Cl. The van der Waals surface area contributed by atoms with Crippen LogP contribution < -0.4 is 5.32 Å². The second-order valence-corrected chi connectivity index (χ2v) is 5.01. The molecule has 7 heteroatoms. The van der Waals surface area contributed by atoms with E-state index in [0.29, 0.717) is 0 Å². The van der Waals surface area contributed by atoms with E-state index < -0.39 is 5.97 Å². The van der Waals surface area contributed by atoms with Gasteiger partial charge in [-0.2, -0.15) is 0 Å². The van der Waals surface area contributed by atoms with Crippen molar-refractivity contribution in [3.63, 3.8) is 0 Å². The molecule has 2 rings (SSSR count). The molecule has 1 aromatic heterocycles. The van der Waals surface area contributed by atoms with Crippen molar-refractivity contribution in [3.05, 3.63) is 57.8 Å². The van der Waals surface area contributed by atoms with Crippen molar-refractivity contribution < 1.29 is 14.7 Å². The molecule has 2 N–H and O–H groups in total. The fourth-order valence-electron chi connectivity index (χ4n) is 1.69. The number of anilines is 1. The zero-order valence-corrected chi connectivity index (χ0v) is 12.1. The van der Waals surface area contributed by atoms with Gasteiger partial charge in [-0.1, -0.05) is 23.2 Å². The van der Waals surface area contributed by atoms with Crippen LogP contribution in [0, 0.1) is 0 Å². The Balaban J connectivity index is 2.16. The van der Waals surface area contributed by atoms with Crippen LogP contribution in [0.2, 0.25) is 10.0 Å². The van der Waals surface area contributed by atoms with Crippen LogP contribution in [0.4, 0.5) is 5.69 Å². The third-order valence-corrected chi connectivity index (χ3v) is 3.26. The first kappa shape index (κ1) is 15.3. The van der Waals surface area contributed by atoms with Gasteiger partial charge in [0.2, 0.25) is 5.91 Å². The molecular formula is C14H10Cl2N2O3. The van der Waals surface area contributed by atoms with Crippen LogP contribution in [0.5, 0.6) is 0 Å². The Hall–Kier alpha value is -2.11. The van der Waals surface area contributed by atoms with Gasteiger partial charge in [0, 0.05) is 12.4 Å². The summed E-state index contributed by atoms with van der Waals surface area (Å²) in [6.07, 6.45) is 3.31. The molecule has 0 atom stereocenters. The number of nitrogens with zero attached hydrogens (tertiary/aromatic N) is 1. The fourth-order valence-corrected chi connectivity index (χ4v) is 2.27. The first-order valence-corrected chi connectivity index (χ1v) is 6.64. The van der Waals surface area contributed by atoms with E-state index >= 15 is 0 Å². The number of hydrogen-bond donors (Lipinski definition) is 2. The summed E-state index contributed by atoms with van der Waals surface area (Å²) in [7, 11) is 0. The molecule has 0 saturated heterocycles. The maximum Gasteiger partial charge on any atom is 0.335 e. The summed E-state index contributed by atoms with van der Waals surface area (Å²) in [4.78, 5) is 26.7. The van der Waals surface area contributed by atoms with Gasteiger partial charge >= 0.3 is 5.97 Å². The Kier molecular flexibility index (Phi) is 4.77. The topological polar surface area (TPSA) is 79.3 Å². The van der Waals surface area contributed by atoms with Crippen molar-refractivity contribution >= 4 is 40.8 Å². The summed E-state index contributed by atoms with van der Waals surface area (Å²) in [6, 6.07) is 5.91. The van der Waals surface area contributed by atoms with Gasteiger partial charge in [-0.15, -0.1) is 0 Å². The summed E-state index contributed by atoms with van der Waals surface area (Å²) >= 11 is 11.9. The Morgan fingerprint density at radius 1 is 1.14 bits per heavy atom. The second kappa shape index (κ2) is 6.56. The highest BCUT2D eigenvalue weighted by atomic mass is 35.5. The predicted octanol–water partition coefficient (Wildman–Crippen LogP) is 3.27. The number of aromatic nitrogens is 1. The summed E-state index contributed by atoms with van der Waals surface area (Å²) in [5.41, 5.74) is 0.941. The van der Waals surface area contributed by atoms with E-state index in [-0.39, 0.29) is 33.6 Å². The lowest BCUT2D eigenvalue weighted by atomic mass is 10.1. The van der Waals surface area contributed by atoms with Crippen LogP contribution in [-0.4, -0.2) is 22.0 Å². The normalized spacial score (nSPS) is 10.2. The molecule has 1 aromatic carbocycles. The van der Waals surface area contributed by atoms with Gasteiger partial charge in [0.25, 0.3) is 0 Å². The maximum absolute atomic E-state index is 11.9. The minimum absolute atomic E-state index is 0.0443. The van der Waals surface area contributed by atoms with E-state index in [2.05, 4.69) is 10.3 Å². The van der Waals surface area contributed by atoms with E-state index in [0.717, 1.165) is 5.56 Å². The Bertz CT molecular complexity index is 667. The molecule has 0 fully saturated rings. The molecule has 0 aliphatic heterocycles. The molecule has 0 unspecified atom stereocenters. The molecule has 0 spiro atoms. The van der Waals surface area contributed by atoms with Crippen LogP contribution in [0.25, 0.3) is 0 Å². The number of carbonyl (C=O) groups excluding carboxylic acids is 1. The predicted molar refractivity (Wildman–Crippen MR) is 80.0 cm³/mol. The molecule has 0 bridgehead atoms. The first-order chi connectivity index (χ1) is 9.97. The largest absolute Gasteiger partial charge is 0.478 e. The number of carboxylic acid groups (broad SMARTS) is 1. The number of halogens is 2.